The van der Waals surface area contributed by atoms with Crippen molar-refractivity contribution in [3.63, 3.8) is 0 Å². The lowest BCUT2D eigenvalue weighted by molar-refractivity contribution is -0.136. The molecule has 0 aliphatic heterocycles. The number of carbonyl (C=O) groups excluding carboxylic acids is 2. The van der Waals surface area contributed by atoms with Crippen LogP contribution in [0.4, 0.5) is 23.7 Å². The third kappa shape index (κ3) is 9.76. The minimum Gasteiger partial charge on any atom is -0.481 e. The van der Waals surface area contributed by atoms with E-state index in [2.05, 4.69) is 36.7 Å². The van der Waals surface area contributed by atoms with Crippen LogP contribution in [0.25, 0.3) is 0 Å². The van der Waals surface area contributed by atoms with E-state index in [4.69, 9.17) is 5.11 Å². The third-order valence-electron chi connectivity index (χ3n) is 7.24. The van der Waals surface area contributed by atoms with Crippen molar-refractivity contribution in [1.29, 1.82) is 0 Å². The van der Waals surface area contributed by atoms with Crippen LogP contribution in [-0.2, 0) is 4.79 Å². The summed E-state index contributed by atoms with van der Waals surface area (Å²) in [5.41, 5.74) is -2.83. The van der Waals surface area contributed by atoms with Crippen LogP contribution in [0.1, 0.15) is 74.8 Å². The largest absolute Gasteiger partial charge is 0.481 e. The normalized spacial score (nSPS) is 18.4. The van der Waals surface area contributed by atoms with Gasteiger partial charge in [0, 0.05) is 22.7 Å². The SMILES string of the molecule is CC(C)(C)C1CCC(C(NC(=O)Nc2cccc(SC(F)(F)F)c2)c2ccc(C(=O)NCCC(=O)O)cc2)CC1. The summed E-state index contributed by atoms with van der Waals surface area (Å²) in [7, 11) is 0. The van der Waals surface area contributed by atoms with Gasteiger partial charge in [-0.25, -0.2) is 4.79 Å². The zero-order valence-electron chi connectivity index (χ0n) is 22.8. The predicted molar refractivity (Wildman–Crippen MR) is 149 cm³/mol. The van der Waals surface area contributed by atoms with Crippen molar-refractivity contribution >= 4 is 35.4 Å². The van der Waals surface area contributed by atoms with Gasteiger partial charge in [0.15, 0.2) is 0 Å². The molecule has 1 aliphatic rings. The molecule has 11 heteroatoms. The van der Waals surface area contributed by atoms with E-state index in [1.165, 1.54) is 24.3 Å². The van der Waals surface area contributed by atoms with Gasteiger partial charge in [-0.15, -0.1) is 0 Å². The summed E-state index contributed by atoms with van der Waals surface area (Å²) in [6, 6.07) is 11.5. The van der Waals surface area contributed by atoms with Crippen molar-refractivity contribution in [2.45, 2.75) is 69.3 Å². The summed E-state index contributed by atoms with van der Waals surface area (Å²) < 4.78 is 38.4. The zero-order valence-corrected chi connectivity index (χ0v) is 23.6. The number of aliphatic carboxylic acids is 1. The number of carboxylic acid groups (broad SMARTS) is 1. The first-order chi connectivity index (χ1) is 18.7. The summed E-state index contributed by atoms with van der Waals surface area (Å²) in [6.07, 6.45) is 3.62. The average molecular weight is 580 g/mol. The molecule has 1 aliphatic carbocycles. The van der Waals surface area contributed by atoms with E-state index in [9.17, 15) is 27.6 Å². The molecule has 0 aromatic heterocycles. The minimum atomic E-state index is -4.43. The predicted octanol–water partition coefficient (Wildman–Crippen LogP) is 7.22. The number of carbonyl (C=O) groups is 3. The van der Waals surface area contributed by atoms with Gasteiger partial charge in [-0.05, 0) is 90.6 Å². The molecule has 3 rings (SSSR count). The molecule has 1 atom stereocenters. The molecular formula is C29H36F3N3O4S. The standard InChI is InChI=1S/C29H36F3N3O4S/c1-28(2,3)21-13-11-19(12-14-21)25(18-7-9-20(10-8-18)26(38)33-16-15-24(36)37)35-27(39)34-22-5-4-6-23(17-22)40-29(30,31)32/h4-10,17,19,21,25H,11-16H2,1-3H3,(H,33,38)(H,36,37)(H2,34,35,39). The fourth-order valence-electron chi connectivity index (χ4n) is 5.10. The van der Waals surface area contributed by atoms with Crippen LogP contribution in [0, 0.1) is 17.3 Å². The Bertz CT molecular complexity index is 1170. The van der Waals surface area contributed by atoms with E-state index in [1.807, 2.05) is 0 Å². The van der Waals surface area contributed by atoms with Crippen molar-refractivity contribution < 1.29 is 32.7 Å². The molecule has 2 aromatic carbocycles. The lowest BCUT2D eigenvalue weighted by Gasteiger charge is -2.39. The summed E-state index contributed by atoms with van der Waals surface area (Å²) in [5, 5.41) is 17.0. The highest BCUT2D eigenvalue weighted by Crippen LogP contribution is 2.43. The number of amides is 3. The molecule has 218 valence electrons. The maximum absolute atomic E-state index is 13.0. The Kier molecular flexibility index (Phi) is 10.5. The number of halogens is 3. The van der Waals surface area contributed by atoms with Crippen LogP contribution in [0.5, 0.6) is 0 Å². The number of thioether (sulfide) groups is 1. The average Bonchev–Trinajstić information content (AvgIpc) is 2.86. The van der Waals surface area contributed by atoms with E-state index in [1.54, 1.807) is 24.3 Å². The van der Waals surface area contributed by atoms with Crippen molar-refractivity contribution in [3.05, 3.63) is 59.7 Å². The van der Waals surface area contributed by atoms with Crippen molar-refractivity contribution in [2.24, 2.45) is 17.3 Å². The van der Waals surface area contributed by atoms with Crippen LogP contribution in [0.3, 0.4) is 0 Å². The molecule has 3 amide bonds. The van der Waals surface area contributed by atoms with E-state index >= 15 is 0 Å². The van der Waals surface area contributed by atoms with Gasteiger partial charge in [-0.3, -0.25) is 9.59 Å². The number of urea groups is 1. The summed E-state index contributed by atoms with van der Waals surface area (Å²) in [6.45, 7) is 6.70. The fraction of sp³-hybridized carbons (Fsp3) is 0.483. The lowest BCUT2D eigenvalue weighted by atomic mass is 9.68. The van der Waals surface area contributed by atoms with Crippen LogP contribution < -0.4 is 16.0 Å². The van der Waals surface area contributed by atoms with Gasteiger partial charge in [0.1, 0.15) is 0 Å². The molecule has 7 nitrogen and oxygen atoms in total. The molecule has 1 unspecified atom stereocenters. The first kappa shape index (κ1) is 31.3. The first-order valence-electron chi connectivity index (χ1n) is 13.2. The number of anilines is 1. The van der Waals surface area contributed by atoms with Gasteiger partial charge in [0.2, 0.25) is 0 Å². The van der Waals surface area contributed by atoms with Gasteiger partial charge < -0.3 is 21.1 Å². The molecule has 1 fully saturated rings. The molecule has 0 radical (unpaired) electrons. The topological polar surface area (TPSA) is 108 Å². The maximum Gasteiger partial charge on any atom is 0.446 e. The zero-order chi connectivity index (χ0) is 29.5. The number of alkyl halides is 3. The van der Waals surface area contributed by atoms with Gasteiger partial charge in [-0.1, -0.05) is 39.0 Å². The monoisotopic (exact) mass is 579 g/mol. The highest BCUT2D eigenvalue weighted by Gasteiger charge is 2.34. The molecule has 4 N–H and O–H groups in total. The minimum absolute atomic E-state index is 0.0139. The number of benzene rings is 2. The number of nitrogens with one attached hydrogen (secondary N) is 3. The first-order valence-corrected chi connectivity index (χ1v) is 14.1. The Morgan fingerprint density at radius 2 is 1.65 bits per heavy atom. The number of rotatable bonds is 9. The number of carboxylic acids is 1. The number of hydrogen-bond acceptors (Lipinski definition) is 4. The highest BCUT2D eigenvalue weighted by molar-refractivity contribution is 8.00. The molecule has 0 spiro atoms. The van der Waals surface area contributed by atoms with E-state index in [-0.39, 0.29) is 52.7 Å². The summed E-state index contributed by atoms with van der Waals surface area (Å²) in [5.74, 6) is -0.706. The Morgan fingerprint density at radius 3 is 2.23 bits per heavy atom. The van der Waals surface area contributed by atoms with Crippen LogP contribution >= 0.6 is 11.8 Å². The Hall–Kier alpha value is -3.21. The van der Waals surface area contributed by atoms with Crippen molar-refractivity contribution in [1.82, 2.24) is 10.6 Å². The molecule has 2 aromatic rings. The molecule has 40 heavy (non-hydrogen) atoms. The van der Waals surface area contributed by atoms with Gasteiger partial charge in [0.05, 0.1) is 12.5 Å². The molecule has 0 heterocycles. The second kappa shape index (κ2) is 13.4. The smallest absolute Gasteiger partial charge is 0.446 e. The molecule has 0 saturated heterocycles. The Morgan fingerprint density at radius 1 is 1.00 bits per heavy atom. The lowest BCUT2D eigenvalue weighted by Crippen LogP contribution is -2.38. The van der Waals surface area contributed by atoms with E-state index in [0.717, 1.165) is 31.2 Å². The van der Waals surface area contributed by atoms with Gasteiger partial charge >= 0.3 is 17.5 Å². The molecule has 0 bridgehead atoms. The van der Waals surface area contributed by atoms with Crippen LogP contribution in [0.2, 0.25) is 0 Å². The molecule has 1 saturated carbocycles. The Balaban J connectivity index is 1.75. The Labute approximate surface area is 236 Å². The fourth-order valence-corrected chi connectivity index (χ4v) is 5.70. The van der Waals surface area contributed by atoms with Gasteiger partial charge in [-0.2, -0.15) is 13.2 Å². The van der Waals surface area contributed by atoms with Gasteiger partial charge in [0.25, 0.3) is 5.91 Å². The second-order valence-electron chi connectivity index (χ2n) is 11.2. The van der Waals surface area contributed by atoms with Crippen LogP contribution in [-0.4, -0.2) is 35.1 Å². The van der Waals surface area contributed by atoms with E-state index in [0.29, 0.717) is 11.5 Å². The summed E-state index contributed by atoms with van der Waals surface area (Å²) in [4.78, 5) is 36.1. The number of hydrogen-bond donors (Lipinski definition) is 4. The maximum atomic E-state index is 13.0. The molecular weight excluding hydrogens is 543 g/mol. The quantitative estimate of drug-likeness (QED) is 0.235. The van der Waals surface area contributed by atoms with Crippen LogP contribution in [0.15, 0.2) is 53.4 Å². The van der Waals surface area contributed by atoms with E-state index < -0.39 is 23.4 Å². The second-order valence-corrected chi connectivity index (χ2v) is 12.3. The highest BCUT2D eigenvalue weighted by atomic mass is 32.2. The third-order valence-corrected chi connectivity index (χ3v) is 7.96. The summed E-state index contributed by atoms with van der Waals surface area (Å²) >= 11 is -0.246. The van der Waals surface area contributed by atoms with Crippen molar-refractivity contribution in [3.8, 4) is 0 Å². The van der Waals surface area contributed by atoms with Crippen molar-refractivity contribution in [2.75, 3.05) is 11.9 Å².